The van der Waals surface area contributed by atoms with Crippen molar-refractivity contribution >= 4 is 17.2 Å². The van der Waals surface area contributed by atoms with Crippen LogP contribution >= 0.6 is 11.3 Å². The molecule has 1 aliphatic heterocycles. The second-order valence-electron chi connectivity index (χ2n) is 7.34. The van der Waals surface area contributed by atoms with E-state index in [4.69, 9.17) is 9.47 Å². The first-order valence-electron chi connectivity index (χ1n) is 10.6. The van der Waals surface area contributed by atoms with Gasteiger partial charge in [-0.2, -0.15) is 0 Å². The van der Waals surface area contributed by atoms with E-state index in [1.54, 1.807) is 5.38 Å². The Morgan fingerprint density at radius 1 is 1.13 bits per heavy atom. The molecule has 162 valence electrons. The number of benzene rings is 2. The maximum atomic E-state index is 12.7. The molecule has 0 saturated carbocycles. The molecule has 1 N–H and O–H groups in total. The number of nitrogens with zero attached hydrogens (tertiary/aromatic N) is 2. The molecule has 1 saturated heterocycles. The molecule has 2 aromatic carbocycles. The fourth-order valence-electron chi connectivity index (χ4n) is 3.52. The SMILES string of the molecule is CCOc1ccc(-c2nc(C(=O)NCc3ccccc3CN3CCOCC3)cs2)cc1. The molecule has 0 atom stereocenters. The van der Waals surface area contributed by atoms with Crippen LogP contribution in [-0.4, -0.2) is 48.7 Å². The Kier molecular flexibility index (Phi) is 7.30. The van der Waals surface area contributed by atoms with Crippen LogP contribution in [0.25, 0.3) is 10.6 Å². The van der Waals surface area contributed by atoms with Gasteiger partial charge in [-0.25, -0.2) is 4.98 Å². The molecule has 0 aliphatic carbocycles. The van der Waals surface area contributed by atoms with E-state index in [0.717, 1.165) is 54.7 Å². The number of hydrogen-bond donors (Lipinski definition) is 1. The molecule has 2 heterocycles. The number of ether oxygens (including phenoxy) is 2. The zero-order chi connectivity index (χ0) is 21.5. The topological polar surface area (TPSA) is 63.7 Å². The maximum Gasteiger partial charge on any atom is 0.271 e. The summed E-state index contributed by atoms with van der Waals surface area (Å²) in [6, 6.07) is 16.0. The third kappa shape index (κ3) is 5.70. The first-order chi connectivity index (χ1) is 15.2. The van der Waals surface area contributed by atoms with Gasteiger partial charge in [-0.05, 0) is 42.3 Å². The Balaban J connectivity index is 1.37. The predicted molar refractivity (Wildman–Crippen MR) is 122 cm³/mol. The third-order valence-electron chi connectivity index (χ3n) is 5.20. The summed E-state index contributed by atoms with van der Waals surface area (Å²) in [6.07, 6.45) is 0. The molecule has 4 rings (SSSR count). The van der Waals surface area contributed by atoms with Gasteiger partial charge in [-0.3, -0.25) is 9.69 Å². The van der Waals surface area contributed by atoms with E-state index in [1.165, 1.54) is 16.9 Å². The number of hydrogen-bond acceptors (Lipinski definition) is 6. The van der Waals surface area contributed by atoms with E-state index in [-0.39, 0.29) is 5.91 Å². The first-order valence-corrected chi connectivity index (χ1v) is 11.4. The summed E-state index contributed by atoms with van der Waals surface area (Å²) in [5.74, 6) is 0.672. The van der Waals surface area contributed by atoms with Crippen LogP contribution in [0.2, 0.25) is 0 Å². The zero-order valence-corrected chi connectivity index (χ0v) is 18.5. The molecule has 0 spiro atoms. The number of morpholine rings is 1. The molecule has 0 radical (unpaired) electrons. The number of thiazole rings is 1. The van der Waals surface area contributed by atoms with Gasteiger partial charge in [0, 0.05) is 37.1 Å². The van der Waals surface area contributed by atoms with Crippen molar-refractivity contribution in [3.8, 4) is 16.3 Å². The molecule has 31 heavy (non-hydrogen) atoms. The minimum atomic E-state index is -0.158. The summed E-state index contributed by atoms with van der Waals surface area (Å²) in [7, 11) is 0. The molecule has 1 aromatic heterocycles. The fraction of sp³-hybridized carbons (Fsp3) is 0.333. The van der Waals surface area contributed by atoms with Crippen molar-refractivity contribution in [2.75, 3.05) is 32.9 Å². The van der Waals surface area contributed by atoms with E-state index in [0.29, 0.717) is 18.8 Å². The summed E-state index contributed by atoms with van der Waals surface area (Å²) in [4.78, 5) is 19.6. The monoisotopic (exact) mass is 437 g/mol. The van der Waals surface area contributed by atoms with Crippen LogP contribution in [0.1, 0.15) is 28.5 Å². The first kappa shape index (κ1) is 21.5. The van der Waals surface area contributed by atoms with Gasteiger partial charge in [0.15, 0.2) is 0 Å². The minimum absolute atomic E-state index is 0.158. The number of nitrogens with one attached hydrogen (secondary N) is 1. The van der Waals surface area contributed by atoms with Gasteiger partial charge in [0.25, 0.3) is 5.91 Å². The Morgan fingerprint density at radius 2 is 1.87 bits per heavy atom. The van der Waals surface area contributed by atoms with Crippen molar-refractivity contribution < 1.29 is 14.3 Å². The number of carbonyl (C=O) groups is 1. The standard InChI is InChI=1S/C24H27N3O3S/c1-2-30-21-9-7-18(8-10-21)24-26-22(17-31-24)23(28)25-15-19-5-3-4-6-20(19)16-27-11-13-29-14-12-27/h3-10,17H,2,11-16H2,1H3,(H,25,28). The van der Waals surface area contributed by atoms with Gasteiger partial charge in [0.05, 0.1) is 19.8 Å². The lowest BCUT2D eigenvalue weighted by Gasteiger charge is -2.27. The second kappa shape index (κ2) is 10.5. The molecule has 0 unspecified atom stereocenters. The molecule has 7 heteroatoms. The van der Waals surface area contributed by atoms with Crippen molar-refractivity contribution in [2.24, 2.45) is 0 Å². The summed E-state index contributed by atoms with van der Waals surface area (Å²) >= 11 is 1.47. The Hall–Kier alpha value is -2.74. The number of carbonyl (C=O) groups excluding carboxylic acids is 1. The van der Waals surface area contributed by atoms with Crippen LogP contribution in [0.15, 0.2) is 53.9 Å². The van der Waals surface area contributed by atoms with E-state index < -0.39 is 0 Å². The third-order valence-corrected chi connectivity index (χ3v) is 6.10. The van der Waals surface area contributed by atoms with Crippen molar-refractivity contribution in [1.82, 2.24) is 15.2 Å². The lowest BCUT2D eigenvalue weighted by molar-refractivity contribution is 0.0340. The Labute approximate surface area is 186 Å². The summed E-state index contributed by atoms with van der Waals surface area (Å²) in [5, 5.41) is 5.65. The van der Waals surface area contributed by atoms with Crippen molar-refractivity contribution in [3.63, 3.8) is 0 Å². The van der Waals surface area contributed by atoms with Gasteiger partial charge in [0.2, 0.25) is 0 Å². The van der Waals surface area contributed by atoms with Gasteiger partial charge >= 0.3 is 0 Å². The van der Waals surface area contributed by atoms with Crippen LogP contribution in [0.5, 0.6) is 5.75 Å². The van der Waals surface area contributed by atoms with Crippen molar-refractivity contribution in [2.45, 2.75) is 20.0 Å². The second-order valence-corrected chi connectivity index (χ2v) is 8.19. The molecule has 0 bridgehead atoms. The highest BCUT2D eigenvalue weighted by atomic mass is 32.1. The zero-order valence-electron chi connectivity index (χ0n) is 17.7. The highest BCUT2D eigenvalue weighted by molar-refractivity contribution is 7.13. The van der Waals surface area contributed by atoms with Crippen LogP contribution in [0, 0.1) is 0 Å². The number of amides is 1. The van der Waals surface area contributed by atoms with E-state index >= 15 is 0 Å². The van der Waals surface area contributed by atoms with E-state index in [1.807, 2.05) is 43.3 Å². The quantitative estimate of drug-likeness (QED) is 0.578. The maximum absolute atomic E-state index is 12.7. The van der Waals surface area contributed by atoms with E-state index in [2.05, 4.69) is 27.3 Å². The molecular formula is C24H27N3O3S. The number of aromatic nitrogens is 1. The normalized spacial score (nSPS) is 14.4. The van der Waals surface area contributed by atoms with Gasteiger partial charge < -0.3 is 14.8 Å². The van der Waals surface area contributed by atoms with Crippen LogP contribution in [0.3, 0.4) is 0 Å². The van der Waals surface area contributed by atoms with Crippen LogP contribution in [-0.2, 0) is 17.8 Å². The lowest BCUT2D eigenvalue weighted by Crippen LogP contribution is -2.36. The predicted octanol–water partition coefficient (Wildman–Crippen LogP) is 3.97. The highest BCUT2D eigenvalue weighted by Crippen LogP contribution is 2.26. The Bertz CT molecular complexity index is 997. The van der Waals surface area contributed by atoms with Gasteiger partial charge in [-0.15, -0.1) is 11.3 Å². The van der Waals surface area contributed by atoms with E-state index in [9.17, 15) is 4.79 Å². The largest absolute Gasteiger partial charge is 0.494 e. The van der Waals surface area contributed by atoms with Crippen LogP contribution in [0.4, 0.5) is 0 Å². The molecule has 6 nitrogen and oxygen atoms in total. The van der Waals surface area contributed by atoms with Crippen LogP contribution < -0.4 is 10.1 Å². The molecular weight excluding hydrogens is 410 g/mol. The minimum Gasteiger partial charge on any atom is -0.494 e. The summed E-state index contributed by atoms with van der Waals surface area (Å²) in [6.45, 7) is 7.38. The lowest BCUT2D eigenvalue weighted by atomic mass is 10.1. The van der Waals surface area contributed by atoms with Gasteiger partial charge in [0.1, 0.15) is 16.5 Å². The Morgan fingerprint density at radius 3 is 2.61 bits per heavy atom. The molecule has 3 aromatic rings. The molecule has 1 aliphatic rings. The smallest absolute Gasteiger partial charge is 0.271 e. The van der Waals surface area contributed by atoms with Crippen molar-refractivity contribution in [1.29, 1.82) is 0 Å². The number of rotatable bonds is 8. The summed E-state index contributed by atoms with van der Waals surface area (Å²) in [5.41, 5.74) is 3.78. The summed E-state index contributed by atoms with van der Waals surface area (Å²) < 4.78 is 10.9. The molecule has 1 amide bonds. The molecule has 1 fully saturated rings. The average molecular weight is 438 g/mol. The average Bonchev–Trinajstić information content (AvgIpc) is 3.30. The highest BCUT2D eigenvalue weighted by Gasteiger charge is 2.15. The van der Waals surface area contributed by atoms with Gasteiger partial charge in [-0.1, -0.05) is 24.3 Å². The van der Waals surface area contributed by atoms with Crippen molar-refractivity contribution in [3.05, 3.63) is 70.7 Å². The fourth-order valence-corrected chi connectivity index (χ4v) is 4.33.